The van der Waals surface area contributed by atoms with Gasteiger partial charge in [0.25, 0.3) is 0 Å². The summed E-state index contributed by atoms with van der Waals surface area (Å²) in [5, 5.41) is 0. The third-order valence-corrected chi connectivity index (χ3v) is 2.40. The highest BCUT2D eigenvalue weighted by atomic mass is 16.3. The molecule has 58 valence electrons. The van der Waals surface area contributed by atoms with E-state index in [2.05, 4.69) is 24.3 Å². The maximum atomic E-state index is 5.36. The predicted octanol–water partition coefficient (Wildman–Crippen LogP) is 2.85. The molecular weight excluding hydrogens is 148 g/mol. The average molecular weight is 156 g/mol. The molecule has 0 saturated carbocycles. The zero-order valence-corrected chi connectivity index (χ0v) is 6.58. The van der Waals surface area contributed by atoms with Crippen molar-refractivity contribution in [2.75, 3.05) is 0 Å². The van der Waals surface area contributed by atoms with Crippen LogP contribution in [0.1, 0.15) is 11.3 Å². The number of fused-ring (bicyclic) bond motifs is 3. The fourth-order valence-corrected chi connectivity index (χ4v) is 1.83. The first-order valence-electron chi connectivity index (χ1n) is 4.10. The molecule has 0 saturated heterocycles. The largest absolute Gasteiger partial charge is 0.468 e. The minimum atomic E-state index is 0.957. The van der Waals surface area contributed by atoms with Crippen molar-refractivity contribution in [3.8, 4) is 11.1 Å². The Morgan fingerprint density at radius 1 is 1.00 bits per heavy atom. The molecule has 0 unspecified atom stereocenters. The predicted molar refractivity (Wildman–Crippen MR) is 47.0 cm³/mol. The van der Waals surface area contributed by atoms with Gasteiger partial charge in [-0.3, -0.25) is 0 Å². The fraction of sp³-hybridized carbons (Fsp3) is 0.0909. The van der Waals surface area contributed by atoms with E-state index in [4.69, 9.17) is 4.42 Å². The zero-order chi connectivity index (χ0) is 7.97. The van der Waals surface area contributed by atoms with Crippen LogP contribution in [0.5, 0.6) is 0 Å². The first-order valence-corrected chi connectivity index (χ1v) is 4.10. The number of furan rings is 1. The first kappa shape index (κ1) is 6.06. The lowest BCUT2D eigenvalue weighted by atomic mass is 10.1. The minimum Gasteiger partial charge on any atom is -0.468 e. The maximum absolute atomic E-state index is 5.36. The van der Waals surface area contributed by atoms with Gasteiger partial charge in [0.2, 0.25) is 0 Å². The Balaban J connectivity index is 2.34. The van der Waals surface area contributed by atoms with Crippen LogP contribution in [0, 0.1) is 0 Å². The fourth-order valence-electron chi connectivity index (χ4n) is 1.83. The highest BCUT2D eigenvalue weighted by molar-refractivity contribution is 5.74. The van der Waals surface area contributed by atoms with Crippen LogP contribution in [-0.4, -0.2) is 0 Å². The molecule has 0 spiro atoms. The second kappa shape index (κ2) is 2.01. The molecule has 0 atom stereocenters. The summed E-state index contributed by atoms with van der Waals surface area (Å²) in [7, 11) is 0. The Labute approximate surface area is 70.6 Å². The van der Waals surface area contributed by atoms with Gasteiger partial charge in [-0.15, -0.1) is 0 Å². The van der Waals surface area contributed by atoms with Crippen molar-refractivity contribution in [2.24, 2.45) is 0 Å². The van der Waals surface area contributed by atoms with Crippen molar-refractivity contribution >= 4 is 0 Å². The molecule has 0 bridgehead atoms. The van der Waals surface area contributed by atoms with Gasteiger partial charge in [-0.25, -0.2) is 0 Å². The van der Waals surface area contributed by atoms with Gasteiger partial charge >= 0.3 is 0 Å². The van der Waals surface area contributed by atoms with E-state index in [1.165, 1.54) is 16.7 Å². The molecule has 0 radical (unpaired) electrons. The third kappa shape index (κ3) is 0.632. The lowest BCUT2D eigenvalue weighted by molar-refractivity contribution is 0.525. The van der Waals surface area contributed by atoms with Gasteiger partial charge in [-0.05, 0) is 17.2 Å². The van der Waals surface area contributed by atoms with E-state index in [9.17, 15) is 0 Å². The van der Waals surface area contributed by atoms with Gasteiger partial charge in [0, 0.05) is 12.0 Å². The molecule has 0 N–H and O–H groups in total. The minimum absolute atomic E-state index is 0.957. The summed E-state index contributed by atoms with van der Waals surface area (Å²) in [6, 6.07) is 10.5. The second-order valence-electron chi connectivity index (χ2n) is 3.09. The van der Waals surface area contributed by atoms with E-state index in [1.54, 1.807) is 6.26 Å². The van der Waals surface area contributed by atoms with Crippen LogP contribution >= 0.6 is 0 Å². The molecular formula is C11H8O. The van der Waals surface area contributed by atoms with Crippen LogP contribution in [0.3, 0.4) is 0 Å². The van der Waals surface area contributed by atoms with Crippen LogP contribution < -0.4 is 0 Å². The zero-order valence-electron chi connectivity index (χ0n) is 6.58. The third-order valence-electron chi connectivity index (χ3n) is 2.40. The molecule has 12 heavy (non-hydrogen) atoms. The van der Waals surface area contributed by atoms with E-state index >= 15 is 0 Å². The summed E-state index contributed by atoms with van der Waals surface area (Å²) < 4.78 is 5.36. The van der Waals surface area contributed by atoms with Crippen LogP contribution in [-0.2, 0) is 6.42 Å². The molecule has 2 aromatic rings. The summed E-state index contributed by atoms with van der Waals surface area (Å²) in [6.07, 6.45) is 2.72. The van der Waals surface area contributed by atoms with Crippen molar-refractivity contribution in [3.05, 3.63) is 47.9 Å². The highest BCUT2D eigenvalue weighted by Crippen LogP contribution is 2.36. The quantitative estimate of drug-likeness (QED) is 0.487. The van der Waals surface area contributed by atoms with Crippen molar-refractivity contribution in [2.45, 2.75) is 6.42 Å². The topological polar surface area (TPSA) is 13.1 Å². The second-order valence-corrected chi connectivity index (χ2v) is 3.09. The summed E-state index contributed by atoms with van der Waals surface area (Å²) in [5.74, 6) is 1.11. The van der Waals surface area contributed by atoms with E-state index < -0.39 is 0 Å². The van der Waals surface area contributed by atoms with Crippen LogP contribution in [0.15, 0.2) is 41.0 Å². The molecule has 1 aromatic carbocycles. The molecule has 1 heterocycles. The summed E-state index contributed by atoms with van der Waals surface area (Å²) >= 11 is 0. The molecule has 0 fully saturated rings. The number of rotatable bonds is 0. The van der Waals surface area contributed by atoms with Gasteiger partial charge in [-0.1, -0.05) is 24.3 Å². The van der Waals surface area contributed by atoms with Crippen molar-refractivity contribution in [1.82, 2.24) is 0 Å². The van der Waals surface area contributed by atoms with Crippen LogP contribution in [0.2, 0.25) is 0 Å². The molecule has 0 amide bonds. The molecule has 0 aliphatic heterocycles. The Kier molecular flexibility index (Phi) is 1.01. The normalized spacial score (nSPS) is 12.7. The Bertz CT molecular complexity index is 426. The molecule has 1 aromatic heterocycles. The molecule has 3 rings (SSSR count). The first-order chi connectivity index (χ1) is 5.95. The average Bonchev–Trinajstić information content (AvgIpc) is 2.62. The lowest BCUT2D eigenvalue weighted by Gasteiger charge is -1.95. The van der Waals surface area contributed by atoms with Crippen molar-refractivity contribution < 1.29 is 4.42 Å². The van der Waals surface area contributed by atoms with E-state index in [1.807, 2.05) is 6.07 Å². The molecule has 1 aliphatic rings. The van der Waals surface area contributed by atoms with Crippen LogP contribution in [0.4, 0.5) is 0 Å². The van der Waals surface area contributed by atoms with Crippen molar-refractivity contribution in [1.29, 1.82) is 0 Å². The summed E-state index contributed by atoms with van der Waals surface area (Å²) in [5.41, 5.74) is 3.98. The Morgan fingerprint density at radius 2 is 1.92 bits per heavy atom. The lowest BCUT2D eigenvalue weighted by Crippen LogP contribution is -1.77. The van der Waals surface area contributed by atoms with Gasteiger partial charge in [-0.2, -0.15) is 0 Å². The number of hydrogen-bond acceptors (Lipinski definition) is 1. The van der Waals surface area contributed by atoms with E-state index in [-0.39, 0.29) is 0 Å². The van der Waals surface area contributed by atoms with Gasteiger partial charge < -0.3 is 4.42 Å². The monoisotopic (exact) mass is 156 g/mol. The highest BCUT2D eigenvalue weighted by Gasteiger charge is 2.19. The molecule has 1 nitrogen and oxygen atoms in total. The van der Waals surface area contributed by atoms with Crippen LogP contribution in [0.25, 0.3) is 11.1 Å². The number of benzene rings is 1. The van der Waals surface area contributed by atoms with Crippen molar-refractivity contribution in [3.63, 3.8) is 0 Å². The van der Waals surface area contributed by atoms with Gasteiger partial charge in [0.05, 0.1) is 6.26 Å². The Morgan fingerprint density at radius 3 is 2.92 bits per heavy atom. The number of hydrogen-bond donors (Lipinski definition) is 0. The van der Waals surface area contributed by atoms with Gasteiger partial charge in [0.15, 0.2) is 0 Å². The standard InChI is InChI=1S/C11H8O/c1-2-4-9-8(3-1)7-11-10(9)5-6-12-11/h1-6H,7H2. The molecule has 1 heteroatoms. The van der Waals surface area contributed by atoms with E-state index in [0.717, 1.165) is 12.2 Å². The SMILES string of the molecule is c1ccc2c(c1)Cc1occc1-2. The van der Waals surface area contributed by atoms with Gasteiger partial charge in [0.1, 0.15) is 5.76 Å². The summed E-state index contributed by atoms with van der Waals surface area (Å²) in [4.78, 5) is 0. The maximum Gasteiger partial charge on any atom is 0.115 e. The smallest absolute Gasteiger partial charge is 0.115 e. The Hall–Kier alpha value is -1.50. The molecule has 1 aliphatic carbocycles. The van der Waals surface area contributed by atoms with E-state index in [0.29, 0.717) is 0 Å². The summed E-state index contributed by atoms with van der Waals surface area (Å²) in [6.45, 7) is 0.